The summed E-state index contributed by atoms with van der Waals surface area (Å²) in [6.07, 6.45) is 0. The molecule has 0 heterocycles. The SMILES string of the molecule is O[Si][Si]O[Si]. The molecule has 5 heavy (non-hydrogen) atoms. The summed E-state index contributed by atoms with van der Waals surface area (Å²) in [5.74, 6) is 0. The Hall–Kier alpha value is 0.571. The Balaban J connectivity index is 2.19. The molecule has 0 atom stereocenters. The minimum Gasteiger partial charge on any atom is -0.458 e. The molecule has 0 aliphatic heterocycles. The molecule has 0 amide bonds. The molecule has 0 saturated carbocycles. The highest BCUT2D eigenvalue weighted by atomic mass is 29.2. The van der Waals surface area contributed by atoms with Gasteiger partial charge in [0.15, 0.2) is 0 Å². The first-order valence-electron chi connectivity index (χ1n) is 0.882. The molecule has 0 aromatic rings. The molecule has 7 radical (unpaired) electrons. The Kier molecular flexibility index (Phi) is 5.09. The molecular weight excluding hydrogens is 116 g/mol. The van der Waals surface area contributed by atoms with Crippen molar-refractivity contribution < 1.29 is 8.91 Å². The first-order chi connectivity index (χ1) is 2.41. The summed E-state index contributed by atoms with van der Waals surface area (Å²) >= 11 is 0. The van der Waals surface area contributed by atoms with Crippen molar-refractivity contribution in [3.8, 4) is 0 Å². The van der Waals surface area contributed by atoms with Gasteiger partial charge in [-0.05, 0) is 0 Å². The van der Waals surface area contributed by atoms with E-state index in [1.165, 1.54) is 0 Å². The Labute approximate surface area is 38.8 Å². The van der Waals surface area contributed by atoms with Gasteiger partial charge in [-0.1, -0.05) is 0 Å². The van der Waals surface area contributed by atoms with Crippen LogP contribution in [-0.2, 0) is 4.12 Å². The maximum absolute atomic E-state index is 7.95. The molecule has 0 bridgehead atoms. The summed E-state index contributed by atoms with van der Waals surface area (Å²) in [5, 5.41) is 0. The molecule has 0 unspecified atom stereocenters. The fraction of sp³-hybridized carbons (Fsp3) is 0. The van der Waals surface area contributed by atoms with Crippen LogP contribution >= 0.6 is 0 Å². The molecule has 1 N–H and O–H groups in total. The van der Waals surface area contributed by atoms with Crippen molar-refractivity contribution in [3.05, 3.63) is 0 Å². The third-order valence-corrected chi connectivity index (χ3v) is 1.79. The third kappa shape index (κ3) is 4.57. The Bertz CT molecular complexity index is 12.4. The van der Waals surface area contributed by atoms with E-state index in [1.54, 1.807) is 0 Å². The van der Waals surface area contributed by atoms with E-state index < -0.39 is 0 Å². The van der Waals surface area contributed by atoms with E-state index in [2.05, 4.69) is 14.6 Å². The van der Waals surface area contributed by atoms with Crippen molar-refractivity contribution in [2.45, 2.75) is 0 Å². The molecule has 0 rings (SSSR count). The predicted octanol–water partition coefficient (Wildman–Crippen LogP) is -1.77. The zero-order valence-electron chi connectivity index (χ0n) is 2.36. The smallest absolute Gasteiger partial charge is 0.239 e. The zero-order valence-corrected chi connectivity index (χ0v) is 5.36. The van der Waals surface area contributed by atoms with E-state index in [0.29, 0.717) is 0 Å². The lowest BCUT2D eigenvalue weighted by molar-refractivity contribution is 0.604. The Morgan fingerprint density at radius 2 is 2.40 bits per heavy atom. The maximum atomic E-state index is 7.95. The van der Waals surface area contributed by atoms with Crippen LogP contribution in [0.4, 0.5) is 0 Å². The van der Waals surface area contributed by atoms with E-state index in [1.807, 2.05) is 0 Å². The highest BCUT2D eigenvalue weighted by Gasteiger charge is 1.78. The summed E-state index contributed by atoms with van der Waals surface area (Å²) in [4.78, 5) is 7.95. The highest BCUT2D eigenvalue weighted by Crippen LogP contribution is 1.45. The van der Waals surface area contributed by atoms with Crippen LogP contribution in [0.2, 0.25) is 0 Å². The van der Waals surface area contributed by atoms with Gasteiger partial charge < -0.3 is 8.91 Å². The summed E-state index contributed by atoms with van der Waals surface area (Å²) in [6, 6.07) is 0. The van der Waals surface area contributed by atoms with Crippen LogP contribution in [0.3, 0.4) is 0 Å². The molecule has 2 nitrogen and oxygen atoms in total. The van der Waals surface area contributed by atoms with Crippen LogP contribution in [0, 0.1) is 0 Å². The monoisotopic (exact) mass is 117 g/mol. The average molecular weight is 117 g/mol. The van der Waals surface area contributed by atoms with E-state index in [-0.39, 0.29) is 18.6 Å². The average Bonchev–Trinajstić information content (AvgIpc) is 1.41. The van der Waals surface area contributed by atoms with Crippen LogP contribution in [0.25, 0.3) is 0 Å². The minimum absolute atomic E-state index is 0.0853. The van der Waals surface area contributed by atoms with Gasteiger partial charge in [0.05, 0.1) is 0 Å². The summed E-state index contributed by atoms with van der Waals surface area (Å²) < 4.78 is 4.29. The Morgan fingerprint density at radius 3 is 2.40 bits per heavy atom. The summed E-state index contributed by atoms with van der Waals surface area (Å²) in [7, 11) is 2.82. The maximum Gasteiger partial charge on any atom is 0.239 e. The quantitative estimate of drug-likeness (QED) is 0.434. The first-order valence-corrected chi connectivity index (χ1v) is 4.15. The number of hydrogen-bond acceptors (Lipinski definition) is 2. The number of hydrogen-bond donors (Lipinski definition) is 1. The minimum atomic E-state index is -0.0853. The standard InChI is InChI=1S/HO2Si3/c1-4-5-2-3/h1H. The van der Waals surface area contributed by atoms with Gasteiger partial charge in [0.2, 0.25) is 29.0 Å². The molecular formula is HO2Si3. The molecule has 0 aromatic heterocycles. The van der Waals surface area contributed by atoms with Gasteiger partial charge >= 0.3 is 0 Å². The summed E-state index contributed by atoms with van der Waals surface area (Å²) in [6.45, 7) is 0. The molecule has 0 aliphatic rings. The van der Waals surface area contributed by atoms with Crippen molar-refractivity contribution in [2.24, 2.45) is 0 Å². The van der Waals surface area contributed by atoms with Crippen molar-refractivity contribution in [1.82, 2.24) is 0 Å². The van der Waals surface area contributed by atoms with Crippen molar-refractivity contribution in [3.63, 3.8) is 0 Å². The van der Waals surface area contributed by atoms with Crippen LogP contribution in [-0.4, -0.2) is 33.8 Å². The lowest BCUT2D eigenvalue weighted by Gasteiger charge is -1.78. The molecule has 0 saturated heterocycles. The molecule has 0 spiro atoms. The van der Waals surface area contributed by atoms with Crippen LogP contribution in [0.15, 0.2) is 0 Å². The number of rotatable bonds is 2. The molecule has 0 aromatic carbocycles. The first kappa shape index (κ1) is 5.57. The van der Waals surface area contributed by atoms with E-state index in [0.717, 1.165) is 0 Å². The molecule has 5 heteroatoms. The Morgan fingerprint density at radius 1 is 1.80 bits per heavy atom. The fourth-order valence-electron chi connectivity index (χ4n) is 0.0228. The van der Waals surface area contributed by atoms with Crippen molar-refractivity contribution >= 4 is 29.0 Å². The second-order valence-corrected chi connectivity index (χ2v) is 2.84. The predicted molar refractivity (Wildman–Crippen MR) is 20.6 cm³/mol. The molecule has 0 fully saturated rings. The topological polar surface area (TPSA) is 29.5 Å². The fourth-order valence-corrected chi connectivity index (χ4v) is 0.616. The molecule has 25 valence electrons. The van der Waals surface area contributed by atoms with Gasteiger partial charge in [-0.2, -0.15) is 0 Å². The van der Waals surface area contributed by atoms with Gasteiger partial charge in [-0.15, -0.1) is 0 Å². The van der Waals surface area contributed by atoms with Crippen LogP contribution in [0.5, 0.6) is 0 Å². The second-order valence-electron chi connectivity index (χ2n) is 0.316. The van der Waals surface area contributed by atoms with E-state index in [4.69, 9.17) is 4.80 Å². The van der Waals surface area contributed by atoms with Gasteiger partial charge in [0.1, 0.15) is 0 Å². The second kappa shape index (κ2) is 4.57. The van der Waals surface area contributed by atoms with Gasteiger partial charge in [0, 0.05) is 0 Å². The highest BCUT2D eigenvalue weighted by molar-refractivity contribution is 6.94. The largest absolute Gasteiger partial charge is 0.458 e. The van der Waals surface area contributed by atoms with Crippen molar-refractivity contribution in [2.75, 3.05) is 0 Å². The summed E-state index contributed by atoms with van der Waals surface area (Å²) in [5.41, 5.74) is 0. The van der Waals surface area contributed by atoms with E-state index >= 15 is 0 Å². The molecule has 0 aliphatic carbocycles. The third-order valence-electron chi connectivity index (χ3n) is 0.0967. The van der Waals surface area contributed by atoms with E-state index in [9.17, 15) is 0 Å². The van der Waals surface area contributed by atoms with Gasteiger partial charge in [0.25, 0.3) is 0 Å². The van der Waals surface area contributed by atoms with Crippen molar-refractivity contribution in [1.29, 1.82) is 0 Å². The lowest BCUT2D eigenvalue weighted by atomic mass is 15.8. The van der Waals surface area contributed by atoms with Gasteiger partial charge in [-0.3, -0.25) is 0 Å². The normalized spacial score (nSPS) is 8.40. The lowest BCUT2D eigenvalue weighted by Crippen LogP contribution is -2.04. The van der Waals surface area contributed by atoms with Crippen LogP contribution in [0.1, 0.15) is 0 Å². The zero-order chi connectivity index (χ0) is 4.12. The van der Waals surface area contributed by atoms with Gasteiger partial charge in [-0.25, -0.2) is 0 Å². The van der Waals surface area contributed by atoms with Crippen LogP contribution < -0.4 is 0 Å².